The minimum Gasteiger partial charge on any atom is -0.312 e. The number of rotatable bonds is 6. The van der Waals surface area contributed by atoms with E-state index in [2.05, 4.69) is 4.72 Å². The summed E-state index contributed by atoms with van der Waals surface area (Å²) in [5.74, 6) is -0.480. The van der Waals surface area contributed by atoms with E-state index in [9.17, 15) is 17.6 Å². The lowest BCUT2D eigenvalue weighted by molar-refractivity contribution is -0.117. The van der Waals surface area contributed by atoms with Crippen molar-refractivity contribution in [2.24, 2.45) is 0 Å². The molecule has 132 valence electrons. The van der Waals surface area contributed by atoms with E-state index in [0.29, 0.717) is 12.0 Å². The highest BCUT2D eigenvalue weighted by atomic mass is 32.2. The summed E-state index contributed by atoms with van der Waals surface area (Å²) in [6.07, 6.45) is 1.44. The number of carbonyl (C=O) groups is 1. The fourth-order valence-electron chi connectivity index (χ4n) is 2.76. The molecule has 2 aromatic rings. The quantitative estimate of drug-likeness (QED) is 0.859. The molecule has 1 fully saturated rings. The predicted octanol–water partition coefficient (Wildman–Crippen LogP) is 2.57. The van der Waals surface area contributed by atoms with E-state index in [1.807, 2.05) is 12.1 Å². The van der Waals surface area contributed by atoms with Gasteiger partial charge < -0.3 is 4.90 Å². The van der Waals surface area contributed by atoms with Crippen molar-refractivity contribution in [1.29, 1.82) is 0 Å². The molecule has 5 nitrogen and oxygen atoms in total. The van der Waals surface area contributed by atoms with Gasteiger partial charge in [-0.2, -0.15) is 0 Å². The molecule has 0 atom stereocenters. The Balaban J connectivity index is 1.58. The topological polar surface area (TPSA) is 66.5 Å². The maximum Gasteiger partial charge on any atom is 0.227 e. The van der Waals surface area contributed by atoms with Crippen LogP contribution in [-0.4, -0.2) is 20.9 Å². The van der Waals surface area contributed by atoms with Gasteiger partial charge in [-0.3, -0.25) is 4.79 Å². The van der Waals surface area contributed by atoms with E-state index in [4.69, 9.17) is 0 Å². The minimum absolute atomic E-state index is 0.118. The van der Waals surface area contributed by atoms with Gasteiger partial charge in [-0.05, 0) is 41.8 Å². The fraction of sp³-hybridized carbons (Fsp3) is 0.278. The van der Waals surface area contributed by atoms with E-state index in [1.165, 1.54) is 24.3 Å². The van der Waals surface area contributed by atoms with Crippen LogP contribution in [0.4, 0.5) is 10.1 Å². The highest BCUT2D eigenvalue weighted by molar-refractivity contribution is 7.88. The van der Waals surface area contributed by atoms with E-state index in [-0.39, 0.29) is 18.2 Å². The fourth-order valence-corrected chi connectivity index (χ4v) is 3.88. The predicted molar refractivity (Wildman–Crippen MR) is 93.9 cm³/mol. The monoisotopic (exact) mass is 362 g/mol. The van der Waals surface area contributed by atoms with Crippen molar-refractivity contribution >= 4 is 21.6 Å². The number of hydrogen-bond acceptors (Lipinski definition) is 3. The first-order valence-corrected chi connectivity index (χ1v) is 9.69. The summed E-state index contributed by atoms with van der Waals surface area (Å²) in [6.45, 7) is 0.889. The third kappa shape index (κ3) is 4.64. The number of carbonyl (C=O) groups excluding carboxylic acids is 1. The average molecular weight is 362 g/mol. The van der Waals surface area contributed by atoms with Gasteiger partial charge in [-0.25, -0.2) is 17.5 Å². The summed E-state index contributed by atoms with van der Waals surface area (Å²) in [4.78, 5) is 13.5. The van der Waals surface area contributed by atoms with Crippen molar-refractivity contribution in [3.8, 4) is 0 Å². The Morgan fingerprint density at radius 1 is 1.00 bits per heavy atom. The first-order chi connectivity index (χ1) is 11.9. The number of nitrogens with one attached hydrogen (secondary N) is 1. The molecule has 0 aliphatic carbocycles. The van der Waals surface area contributed by atoms with E-state index < -0.39 is 15.8 Å². The number of nitrogens with zero attached hydrogens (tertiary/aromatic N) is 1. The van der Waals surface area contributed by atoms with Gasteiger partial charge in [0.15, 0.2) is 0 Å². The second-order valence-corrected chi connectivity index (χ2v) is 7.83. The molecule has 7 heteroatoms. The van der Waals surface area contributed by atoms with Crippen molar-refractivity contribution in [1.82, 2.24) is 4.72 Å². The van der Waals surface area contributed by atoms with Crippen LogP contribution in [0.15, 0.2) is 48.5 Å². The van der Waals surface area contributed by atoms with Crippen molar-refractivity contribution < 1.29 is 17.6 Å². The second-order valence-electron chi connectivity index (χ2n) is 6.02. The molecule has 1 N–H and O–H groups in total. The highest BCUT2D eigenvalue weighted by Gasteiger charge is 2.21. The number of benzene rings is 2. The summed E-state index contributed by atoms with van der Waals surface area (Å²) in [5, 5.41) is 0. The standard InChI is InChI=1S/C18H19FN2O3S/c19-16-7-3-15(4-8-16)13-25(23,24)20-12-14-5-9-17(10-6-14)21-11-1-2-18(21)22/h3-10,20H,1-2,11-13H2. The Morgan fingerprint density at radius 2 is 1.64 bits per heavy atom. The first-order valence-electron chi connectivity index (χ1n) is 8.04. The Morgan fingerprint density at radius 3 is 2.24 bits per heavy atom. The van der Waals surface area contributed by atoms with Crippen LogP contribution in [0.25, 0.3) is 0 Å². The minimum atomic E-state index is -3.52. The van der Waals surface area contributed by atoms with E-state index >= 15 is 0 Å². The molecule has 1 saturated heterocycles. The van der Waals surface area contributed by atoms with Crippen LogP contribution in [-0.2, 0) is 27.1 Å². The van der Waals surface area contributed by atoms with Crippen LogP contribution in [0.2, 0.25) is 0 Å². The number of sulfonamides is 1. The van der Waals surface area contributed by atoms with Gasteiger partial charge in [0, 0.05) is 25.2 Å². The van der Waals surface area contributed by atoms with Crippen molar-refractivity contribution in [2.45, 2.75) is 25.1 Å². The van der Waals surface area contributed by atoms with Crippen LogP contribution < -0.4 is 9.62 Å². The molecular formula is C18H19FN2O3S. The normalized spacial score (nSPS) is 14.9. The molecule has 0 saturated carbocycles. The Bertz CT molecular complexity index is 849. The number of hydrogen-bond donors (Lipinski definition) is 1. The molecule has 0 radical (unpaired) electrons. The van der Waals surface area contributed by atoms with Crippen molar-refractivity contribution in [2.75, 3.05) is 11.4 Å². The molecular weight excluding hydrogens is 343 g/mol. The van der Waals surface area contributed by atoms with Crippen LogP contribution in [0.3, 0.4) is 0 Å². The largest absolute Gasteiger partial charge is 0.312 e. The molecule has 1 aliphatic rings. The summed E-state index contributed by atoms with van der Waals surface area (Å²) in [5.41, 5.74) is 2.16. The summed E-state index contributed by atoms with van der Waals surface area (Å²) in [7, 11) is -3.52. The van der Waals surface area contributed by atoms with Crippen LogP contribution in [0.5, 0.6) is 0 Å². The summed E-state index contributed by atoms with van der Waals surface area (Å²) < 4.78 is 39.6. The lowest BCUT2D eigenvalue weighted by atomic mass is 10.2. The number of anilines is 1. The van der Waals surface area contributed by atoms with Gasteiger partial charge in [-0.1, -0.05) is 24.3 Å². The van der Waals surface area contributed by atoms with Crippen LogP contribution in [0.1, 0.15) is 24.0 Å². The zero-order chi connectivity index (χ0) is 17.9. The highest BCUT2D eigenvalue weighted by Crippen LogP contribution is 2.21. The SMILES string of the molecule is O=C1CCCN1c1ccc(CNS(=O)(=O)Cc2ccc(F)cc2)cc1. The molecule has 2 aromatic carbocycles. The first kappa shape index (κ1) is 17.6. The van der Waals surface area contributed by atoms with Gasteiger partial charge >= 0.3 is 0 Å². The molecule has 1 heterocycles. The van der Waals surface area contributed by atoms with Gasteiger partial charge in [0.25, 0.3) is 0 Å². The lowest BCUT2D eigenvalue weighted by Crippen LogP contribution is -2.25. The van der Waals surface area contributed by atoms with E-state index in [1.54, 1.807) is 17.0 Å². The maximum absolute atomic E-state index is 12.9. The smallest absolute Gasteiger partial charge is 0.227 e. The number of amides is 1. The molecule has 0 aromatic heterocycles. The molecule has 3 rings (SSSR count). The van der Waals surface area contributed by atoms with Crippen molar-refractivity contribution in [3.05, 3.63) is 65.5 Å². The number of halogens is 1. The van der Waals surface area contributed by atoms with Gasteiger partial charge in [0.1, 0.15) is 5.82 Å². The summed E-state index contributed by atoms with van der Waals surface area (Å²) >= 11 is 0. The third-order valence-corrected chi connectivity index (χ3v) is 5.39. The molecule has 1 aliphatic heterocycles. The molecule has 0 spiro atoms. The van der Waals surface area contributed by atoms with Crippen molar-refractivity contribution in [3.63, 3.8) is 0 Å². The lowest BCUT2D eigenvalue weighted by Gasteiger charge is -2.16. The van der Waals surface area contributed by atoms with Gasteiger partial charge in [-0.15, -0.1) is 0 Å². The summed E-state index contributed by atoms with van der Waals surface area (Å²) in [6, 6.07) is 12.7. The Kier molecular flexibility index (Phi) is 5.15. The Hall–Kier alpha value is -2.25. The maximum atomic E-state index is 12.9. The second kappa shape index (κ2) is 7.33. The third-order valence-electron chi connectivity index (χ3n) is 4.09. The van der Waals surface area contributed by atoms with Crippen LogP contribution in [0, 0.1) is 5.82 Å². The molecule has 0 bridgehead atoms. The van der Waals surface area contributed by atoms with Gasteiger partial charge in [0.05, 0.1) is 5.75 Å². The average Bonchev–Trinajstić information content (AvgIpc) is 3.02. The van der Waals surface area contributed by atoms with Gasteiger partial charge in [0.2, 0.25) is 15.9 Å². The van der Waals surface area contributed by atoms with Crippen LogP contribution >= 0.6 is 0 Å². The zero-order valence-electron chi connectivity index (χ0n) is 13.6. The van der Waals surface area contributed by atoms with E-state index in [0.717, 1.165) is 24.2 Å². The zero-order valence-corrected chi connectivity index (χ0v) is 14.4. The molecule has 0 unspecified atom stereocenters. The molecule has 1 amide bonds. The Labute approximate surface area is 146 Å². The molecule has 25 heavy (non-hydrogen) atoms.